The summed E-state index contributed by atoms with van der Waals surface area (Å²) in [6, 6.07) is 17.3. The molecule has 0 N–H and O–H groups in total. The Bertz CT molecular complexity index is 1960. The van der Waals surface area contributed by atoms with Crippen molar-refractivity contribution in [3.05, 3.63) is 91.3 Å². The average Bonchev–Trinajstić information content (AvgIpc) is 3.79. The number of aryl methyl sites for hydroxylation is 4. The molecular weight excluding hydrogens is 703 g/mol. The minimum atomic E-state index is -5.65. The van der Waals surface area contributed by atoms with Gasteiger partial charge in [-0.05, 0) is 88.4 Å². The topological polar surface area (TPSA) is 0 Å². The fraction of sp³-hybridized carbons (Fsp3) is 0.212. The highest BCUT2D eigenvalue weighted by Gasteiger charge is 2.80. The van der Waals surface area contributed by atoms with Crippen LogP contribution in [-0.4, -0.2) is 17.8 Å². The van der Waals surface area contributed by atoms with E-state index in [1.54, 1.807) is 24.3 Å². The monoisotopic (exact) mass is 724 g/mol. The van der Waals surface area contributed by atoms with Gasteiger partial charge in [-0.3, -0.25) is 0 Å². The first-order valence-electron chi connectivity index (χ1n) is 13.6. The van der Waals surface area contributed by atoms with Gasteiger partial charge in [0, 0.05) is 71.0 Å². The van der Waals surface area contributed by atoms with Crippen molar-refractivity contribution >= 4 is 79.2 Å². The Balaban J connectivity index is 1.58. The Morgan fingerprint density at radius 1 is 0.400 bits per heavy atom. The molecule has 0 aromatic carbocycles. The van der Waals surface area contributed by atoms with E-state index in [2.05, 4.69) is 0 Å². The summed E-state index contributed by atoms with van der Waals surface area (Å²) < 4.78 is 96.1. The fourth-order valence-electron chi connectivity index (χ4n) is 5.44. The number of allylic oxidation sites excluding steroid dienone is 2. The molecule has 232 valence electrons. The van der Waals surface area contributed by atoms with Crippen LogP contribution in [0.5, 0.6) is 0 Å². The smallest absolute Gasteiger partial charge is 0.194 e. The number of thiophene rings is 6. The van der Waals surface area contributed by atoms with Crippen molar-refractivity contribution in [3.8, 4) is 39.0 Å². The number of hydrogen-bond donors (Lipinski definition) is 0. The largest absolute Gasteiger partial charge is 0.380 e. The first kappa shape index (κ1) is 31.1. The van der Waals surface area contributed by atoms with E-state index >= 15 is 26.3 Å². The quantitative estimate of drug-likeness (QED) is 0.150. The molecule has 45 heavy (non-hydrogen) atoms. The number of hydrogen-bond acceptors (Lipinski definition) is 6. The summed E-state index contributed by atoms with van der Waals surface area (Å²) in [5.74, 6) is -16.0. The van der Waals surface area contributed by atoms with Crippen LogP contribution in [0.4, 0.5) is 26.3 Å². The lowest BCUT2D eigenvalue weighted by Crippen LogP contribution is -2.48. The van der Waals surface area contributed by atoms with Gasteiger partial charge in [-0.2, -0.15) is 26.3 Å². The Hall–Kier alpha value is -2.48. The third-order valence-electron chi connectivity index (χ3n) is 7.56. The number of alkyl halides is 6. The third kappa shape index (κ3) is 4.86. The van der Waals surface area contributed by atoms with Crippen LogP contribution in [0, 0.1) is 27.7 Å². The third-order valence-corrected chi connectivity index (χ3v) is 14.6. The molecular formula is C33H22F6S6. The zero-order valence-electron chi connectivity index (χ0n) is 24.0. The highest BCUT2D eigenvalue weighted by atomic mass is 32.1. The van der Waals surface area contributed by atoms with E-state index in [-0.39, 0.29) is 20.9 Å². The molecule has 1 aliphatic rings. The maximum absolute atomic E-state index is 16.2. The van der Waals surface area contributed by atoms with Gasteiger partial charge in [0.1, 0.15) is 0 Å². The summed E-state index contributed by atoms with van der Waals surface area (Å²) in [6.45, 7) is 7.49. The van der Waals surface area contributed by atoms with Crippen LogP contribution in [0.3, 0.4) is 0 Å². The molecule has 6 aromatic heterocycles. The van der Waals surface area contributed by atoms with Crippen molar-refractivity contribution in [2.45, 2.75) is 45.5 Å². The van der Waals surface area contributed by atoms with E-state index in [1.165, 1.54) is 57.5 Å². The minimum absolute atomic E-state index is 0.271. The SMILES string of the molecule is Cc1ccc(-c2cc(C3=C(c4cc(-c5ccc(C)s5)sc4-c4ccc(C)s4)C(F)(F)C(F)(F)C3(F)F)c(-c3ccc(C)s3)s2)s1. The maximum Gasteiger partial charge on any atom is 0.380 e. The highest BCUT2D eigenvalue weighted by Crippen LogP contribution is 2.67. The standard InChI is InChI=1S/C33H22F6S6/c1-15-5-9-21(40-15)25-13-19(29(44-25)23-11-7-17(3)42-23)27-28(32(36,37)33(38,39)31(27,34)35)20-14-26(22-10-6-16(2)41-22)45-30(20)24-12-8-18(4)43-24/h5-14H,1-4H3. The molecule has 0 saturated carbocycles. The Labute approximate surface area is 279 Å². The molecule has 7 rings (SSSR count). The molecule has 0 spiro atoms. The second kappa shape index (κ2) is 10.8. The predicted molar refractivity (Wildman–Crippen MR) is 182 cm³/mol. The van der Waals surface area contributed by atoms with Crippen LogP contribution in [0.1, 0.15) is 30.6 Å². The van der Waals surface area contributed by atoms with Gasteiger partial charge in [-0.25, -0.2) is 0 Å². The van der Waals surface area contributed by atoms with Gasteiger partial charge < -0.3 is 0 Å². The minimum Gasteiger partial charge on any atom is -0.194 e. The van der Waals surface area contributed by atoms with Crippen molar-refractivity contribution in [2.75, 3.05) is 0 Å². The molecule has 0 radical (unpaired) electrons. The summed E-state index contributed by atoms with van der Waals surface area (Å²) >= 11 is 7.78. The molecule has 6 heterocycles. The Kier molecular flexibility index (Phi) is 7.46. The molecule has 0 aliphatic heterocycles. The summed E-state index contributed by atoms with van der Waals surface area (Å²) in [5, 5.41) is 0. The number of halogens is 6. The van der Waals surface area contributed by atoms with Gasteiger partial charge in [-0.15, -0.1) is 68.0 Å². The summed E-state index contributed by atoms with van der Waals surface area (Å²) in [6.07, 6.45) is 0. The molecule has 0 nitrogen and oxygen atoms in total. The van der Waals surface area contributed by atoms with Crippen LogP contribution in [-0.2, 0) is 0 Å². The lowest BCUT2D eigenvalue weighted by atomic mass is 9.94. The van der Waals surface area contributed by atoms with Crippen molar-refractivity contribution < 1.29 is 26.3 Å². The first-order valence-corrected chi connectivity index (χ1v) is 18.5. The Morgan fingerprint density at radius 2 is 0.711 bits per heavy atom. The summed E-state index contributed by atoms with van der Waals surface area (Å²) in [7, 11) is 0. The van der Waals surface area contributed by atoms with Crippen LogP contribution < -0.4 is 0 Å². The van der Waals surface area contributed by atoms with Crippen molar-refractivity contribution in [2.24, 2.45) is 0 Å². The molecule has 0 bridgehead atoms. The zero-order chi connectivity index (χ0) is 32.1. The molecule has 0 saturated heterocycles. The van der Waals surface area contributed by atoms with Crippen molar-refractivity contribution in [3.63, 3.8) is 0 Å². The maximum atomic E-state index is 16.2. The molecule has 12 heteroatoms. The van der Waals surface area contributed by atoms with Crippen LogP contribution in [0.15, 0.2) is 60.7 Å². The average molecular weight is 725 g/mol. The van der Waals surface area contributed by atoms with E-state index < -0.39 is 28.9 Å². The van der Waals surface area contributed by atoms with Gasteiger partial charge in [0.05, 0.1) is 9.75 Å². The normalized spacial score (nSPS) is 17.1. The molecule has 0 fully saturated rings. The summed E-state index contributed by atoms with van der Waals surface area (Å²) in [5.41, 5.74) is -3.19. The fourth-order valence-corrected chi connectivity index (χ4v) is 11.7. The van der Waals surface area contributed by atoms with Crippen LogP contribution in [0.2, 0.25) is 0 Å². The second-order valence-electron chi connectivity index (χ2n) is 10.8. The lowest BCUT2D eigenvalue weighted by molar-refractivity contribution is -0.254. The lowest BCUT2D eigenvalue weighted by Gasteiger charge is -2.25. The van der Waals surface area contributed by atoms with Gasteiger partial charge in [0.25, 0.3) is 0 Å². The van der Waals surface area contributed by atoms with Gasteiger partial charge in [0.15, 0.2) is 0 Å². The van der Waals surface area contributed by atoms with E-state index in [9.17, 15) is 0 Å². The van der Waals surface area contributed by atoms with E-state index in [0.29, 0.717) is 19.5 Å². The van der Waals surface area contributed by atoms with Gasteiger partial charge in [0.2, 0.25) is 0 Å². The highest BCUT2D eigenvalue weighted by molar-refractivity contribution is 7.27. The molecule has 0 atom stereocenters. The zero-order valence-corrected chi connectivity index (χ0v) is 28.9. The first-order chi connectivity index (χ1) is 21.2. The molecule has 6 aromatic rings. The van der Waals surface area contributed by atoms with Crippen LogP contribution >= 0.6 is 68.0 Å². The second-order valence-corrected chi connectivity index (χ2v) is 18.1. The summed E-state index contributed by atoms with van der Waals surface area (Å²) in [4.78, 5) is 7.98. The van der Waals surface area contributed by atoms with E-state index in [4.69, 9.17) is 0 Å². The number of rotatable bonds is 6. The molecule has 0 unspecified atom stereocenters. The molecule has 0 amide bonds. The van der Waals surface area contributed by atoms with E-state index in [0.717, 1.165) is 51.9 Å². The van der Waals surface area contributed by atoms with Crippen LogP contribution in [0.25, 0.3) is 50.2 Å². The van der Waals surface area contributed by atoms with Crippen molar-refractivity contribution in [1.82, 2.24) is 0 Å². The van der Waals surface area contributed by atoms with E-state index in [1.807, 2.05) is 52.0 Å². The Morgan fingerprint density at radius 3 is 1.00 bits per heavy atom. The molecule has 1 aliphatic carbocycles. The van der Waals surface area contributed by atoms with Crippen molar-refractivity contribution in [1.29, 1.82) is 0 Å². The van der Waals surface area contributed by atoms with Gasteiger partial charge in [-0.1, -0.05) is 0 Å². The van der Waals surface area contributed by atoms with Gasteiger partial charge >= 0.3 is 17.8 Å². The predicted octanol–water partition coefficient (Wildman–Crippen LogP) is 13.8.